The monoisotopic (exact) mass is 369 g/mol. The van der Waals surface area contributed by atoms with E-state index in [1.807, 2.05) is 31.2 Å². The SMILES string of the molecule is COc1ccc(/C=N\NC(=O)CCC(=O)Nc2ccc(C)cc2)c(OC)c1. The largest absolute Gasteiger partial charge is 0.497 e. The van der Waals surface area contributed by atoms with E-state index in [4.69, 9.17) is 9.47 Å². The minimum Gasteiger partial charge on any atom is -0.497 e. The zero-order chi connectivity index (χ0) is 19.6. The Balaban J connectivity index is 1.79. The van der Waals surface area contributed by atoms with E-state index in [1.165, 1.54) is 13.3 Å². The number of nitrogens with one attached hydrogen (secondary N) is 2. The zero-order valence-corrected chi connectivity index (χ0v) is 15.6. The number of rotatable bonds is 8. The lowest BCUT2D eigenvalue weighted by molar-refractivity contribution is -0.124. The highest BCUT2D eigenvalue weighted by molar-refractivity contribution is 5.93. The van der Waals surface area contributed by atoms with Gasteiger partial charge in [0.15, 0.2) is 0 Å². The standard InChI is InChI=1S/C20H23N3O4/c1-14-4-7-16(8-5-14)22-19(24)10-11-20(25)23-21-13-15-6-9-17(26-2)12-18(15)27-3/h4-9,12-13H,10-11H2,1-3H3,(H,22,24)(H,23,25)/b21-13-. The lowest BCUT2D eigenvalue weighted by Gasteiger charge is -2.07. The highest BCUT2D eigenvalue weighted by atomic mass is 16.5. The minimum absolute atomic E-state index is 0.0365. The van der Waals surface area contributed by atoms with Crippen LogP contribution in [-0.4, -0.2) is 32.2 Å². The van der Waals surface area contributed by atoms with Gasteiger partial charge in [-0.1, -0.05) is 17.7 Å². The summed E-state index contributed by atoms with van der Waals surface area (Å²) in [5, 5.41) is 6.65. The number of methoxy groups -OCH3 is 2. The summed E-state index contributed by atoms with van der Waals surface area (Å²) >= 11 is 0. The molecule has 0 aliphatic carbocycles. The van der Waals surface area contributed by atoms with Crippen LogP contribution in [0.4, 0.5) is 5.69 Å². The molecule has 0 aliphatic heterocycles. The van der Waals surface area contributed by atoms with Crippen LogP contribution in [0.5, 0.6) is 11.5 Å². The van der Waals surface area contributed by atoms with Crippen molar-refractivity contribution >= 4 is 23.7 Å². The van der Waals surface area contributed by atoms with Crippen molar-refractivity contribution in [1.29, 1.82) is 0 Å². The third-order valence-corrected chi connectivity index (χ3v) is 3.75. The number of hydrazone groups is 1. The smallest absolute Gasteiger partial charge is 0.240 e. The summed E-state index contributed by atoms with van der Waals surface area (Å²) in [6.45, 7) is 1.97. The van der Waals surface area contributed by atoms with Crippen molar-refractivity contribution in [3.8, 4) is 11.5 Å². The fraction of sp³-hybridized carbons (Fsp3) is 0.250. The number of anilines is 1. The molecule has 27 heavy (non-hydrogen) atoms. The number of hydrogen-bond donors (Lipinski definition) is 2. The van der Waals surface area contributed by atoms with Crippen LogP contribution in [0.1, 0.15) is 24.0 Å². The first-order chi connectivity index (χ1) is 13.0. The van der Waals surface area contributed by atoms with Crippen molar-refractivity contribution in [2.75, 3.05) is 19.5 Å². The van der Waals surface area contributed by atoms with E-state index in [1.54, 1.807) is 25.3 Å². The van der Waals surface area contributed by atoms with Gasteiger partial charge in [-0.2, -0.15) is 5.10 Å². The van der Waals surface area contributed by atoms with Crippen molar-refractivity contribution in [2.45, 2.75) is 19.8 Å². The lowest BCUT2D eigenvalue weighted by atomic mass is 10.2. The molecule has 2 rings (SSSR count). The van der Waals surface area contributed by atoms with E-state index in [0.717, 1.165) is 5.56 Å². The molecule has 0 atom stereocenters. The van der Waals surface area contributed by atoms with E-state index < -0.39 is 0 Å². The molecular formula is C20H23N3O4. The fourth-order valence-corrected chi connectivity index (χ4v) is 2.24. The molecule has 2 aromatic rings. The predicted molar refractivity (Wildman–Crippen MR) is 104 cm³/mol. The zero-order valence-electron chi connectivity index (χ0n) is 15.6. The maximum Gasteiger partial charge on any atom is 0.240 e. The van der Waals surface area contributed by atoms with Gasteiger partial charge in [0.2, 0.25) is 11.8 Å². The molecule has 0 bridgehead atoms. The van der Waals surface area contributed by atoms with Crippen LogP contribution in [0.3, 0.4) is 0 Å². The molecule has 0 saturated carbocycles. The van der Waals surface area contributed by atoms with E-state index in [2.05, 4.69) is 15.8 Å². The summed E-state index contributed by atoms with van der Waals surface area (Å²) in [5.41, 5.74) is 4.91. The molecule has 0 saturated heterocycles. The van der Waals surface area contributed by atoms with Crippen LogP contribution in [-0.2, 0) is 9.59 Å². The Bertz CT molecular complexity index is 816. The molecule has 7 heteroatoms. The Kier molecular flexibility index (Phi) is 7.37. The number of carbonyl (C=O) groups excluding carboxylic acids is 2. The third-order valence-electron chi connectivity index (χ3n) is 3.75. The second-order valence-corrected chi connectivity index (χ2v) is 5.82. The van der Waals surface area contributed by atoms with E-state index in [9.17, 15) is 9.59 Å². The van der Waals surface area contributed by atoms with Gasteiger partial charge in [0.1, 0.15) is 11.5 Å². The Morgan fingerprint density at radius 1 is 1.00 bits per heavy atom. The number of nitrogens with zero attached hydrogens (tertiary/aromatic N) is 1. The molecular weight excluding hydrogens is 346 g/mol. The summed E-state index contributed by atoms with van der Waals surface area (Å²) in [4.78, 5) is 23.7. The molecule has 0 heterocycles. The molecule has 0 spiro atoms. The number of carbonyl (C=O) groups is 2. The molecule has 2 aromatic carbocycles. The fourth-order valence-electron chi connectivity index (χ4n) is 2.24. The summed E-state index contributed by atoms with van der Waals surface area (Å²) in [6.07, 6.45) is 1.58. The average Bonchev–Trinajstić information content (AvgIpc) is 2.68. The maximum absolute atomic E-state index is 11.9. The molecule has 0 aromatic heterocycles. The van der Waals surface area contributed by atoms with Crippen molar-refractivity contribution in [3.05, 3.63) is 53.6 Å². The van der Waals surface area contributed by atoms with Crippen LogP contribution in [0, 0.1) is 6.92 Å². The molecule has 0 radical (unpaired) electrons. The summed E-state index contributed by atoms with van der Waals surface area (Å²) in [6, 6.07) is 12.7. The van der Waals surface area contributed by atoms with Crippen LogP contribution < -0.4 is 20.2 Å². The van der Waals surface area contributed by atoms with Gasteiger partial charge in [0, 0.05) is 30.2 Å². The topological polar surface area (TPSA) is 89.0 Å². The van der Waals surface area contributed by atoms with Crippen molar-refractivity contribution in [2.24, 2.45) is 5.10 Å². The van der Waals surface area contributed by atoms with Gasteiger partial charge in [-0.15, -0.1) is 0 Å². The Morgan fingerprint density at radius 3 is 2.37 bits per heavy atom. The highest BCUT2D eigenvalue weighted by Crippen LogP contribution is 2.22. The van der Waals surface area contributed by atoms with Crippen LogP contribution >= 0.6 is 0 Å². The van der Waals surface area contributed by atoms with E-state index in [0.29, 0.717) is 22.7 Å². The molecule has 2 N–H and O–H groups in total. The maximum atomic E-state index is 11.9. The molecule has 0 unspecified atom stereocenters. The van der Waals surface area contributed by atoms with Crippen LogP contribution in [0.15, 0.2) is 47.6 Å². The van der Waals surface area contributed by atoms with Crippen molar-refractivity contribution < 1.29 is 19.1 Å². The second kappa shape index (κ2) is 9.96. The summed E-state index contributed by atoms with van der Waals surface area (Å²) in [7, 11) is 3.11. The number of hydrogen-bond acceptors (Lipinski definition) is 5. The second-order valence-electron chi connectivity index (χ2n) is 5.82. The lowest BCUT2D eigenvalue weighted by Crippen LogP contribution is -2.20. The molecule has 0 fully saturated rings. The quantitative estimate of drug-likeness (QED) is 0.553. The molecule has 2 amide bonds. The van der Waals surface area contributed by atoms with Gasteiger partial charge in [-0.05, 0) is 31.2 Å². The van der Waals surface area contributed by atoms with Gasteiger partial charge in [-0.3, -0.25) is 9.59 Å². The number of benzene rings is 2. The van der Waals surface area contributed by atoms with Crippen molar-refractivity contribution in [1.82, 2.24) is 5.43 Å². The Labute approximate surface area is 158 Å². The van der Waals surface area contributed by atoms with Gasteiger partial charge in [0.25, 0.3) is 0 Å². The van der Waals surface area contributed by atoms with Crippen LogP contribution in [0.25, 0.3) is 0 Å². The normalized spacial score (nSPS) is 10.5. The highest BCUT2D eigenvalue weighted by Gasteiger charge is 2.07. The van der Waals surface area contributed by atoms with Gasteiger partial charge in [-0.25, -0.2) is 5.43 Å². The molecule has 142 valence electrons. The number of aryl methyl sites for hydroxylation is 1. The summed E-state index contributed by atoms with van der Waals surface area (Å²) in [5.74, 6) is 0.657. The first-order valence-electron chi connectivity index (χ1n) is 8.42. The molecule has 0 aliphatic rings. The average molecular weight is 369 g/mol. The van der Waals surface area contributed by atoms with Gasteiger partial charge in [0.05, 0.1) is 20.4 Å². The van der Waals surface area contributed by atoms with E-state index >= 15 is 0 Å². The van der Waals surface area contributed by atoms with E-state index in [-0.39, 0.29) is 24.7 Å². The van der Waals surface area contributed by atoms with Crippen molar-refractivity contribution in [3.63, 3.8) is 0 Å². The first-order valence-corrected chi connectivity index (χ1v) is 8.42. The Morgan fingerprint density at radius 2 is 1.70 bits per heavy atom. The van der Waals surface area contributed by atoms with Crippen LogP contribution in [0.2, 0.25) is 0 Å². The van der Waals surface area contributed by atoms with Gasteiger partial charge < -0.3 is 14.8 Å². The minimum atomic E-state index is -0.349. The molecule has 7 nitrogen and oxygen atoms in total. The predicted octanol–water partition coefficient (Wildman–Crippen LogP) is 2.88. The number of amides is 2. The van der Waals surface area contributed by atoms with Gasteiger partial charge >= 0.3 is 0 Å². The third kappa shape index (κ3) is 6.47. The Hall–Kier alpha value is -3.35. The summed E-state index contributed by atoms with van der Waals surface area (Å²) < 4.78 is 10.4. The number of ether oxygens (including phenoxy) is 2. The first kappa shape index (κ1) is 20.0.